The number of aromatic nitrogens is 2. The number of carbonyl (C=O) groups is 1. The van der Waals surface area contributed by atoms with Crippen LogP contribution in [0.3, 0.4) is 0 Å². The number of alkyl halides is 3. The average molecular weight is 459 g/mol. The predicted molar refractivity (Wildman–Crippen MR) is 104 cm³/mol. The van der Waals surface area contributed by atoms with E-state index in [4.69, 9.17) is 11.6 Å². The van der Waals surface area contributed by atoms with Gasteiger partial charge in [0.1, 0.15) is 5.75 Å². The number of nitrogens with zero attached hydrogens (tertiary/aromatic N) is 2. The molecule has 0 bridgehead atoms. The molecule has 142 valence electrons. The molecule has 0 aliphatic rings. The predicted octanol–water partition coefficient (Wildman–Crippen LogP) is 5.80. The van der Waals surface area contributed by atoms with Crippen LogP contribution in [0.2, 0.25) is 0 Å². The summed E-state index contributed by atoms with van der Waals surface area (Å²) >= 11 is 8.22. The monoisotopic (exact) mass is 457 g/mol. The smallest absolute Gasteiger partial charge is 0.420 e. The molecule has 3 aromatic rings. The Hall–Kier alpha value is -2.19. The number of ether oxygens (including phenoxy) is 1. The summed E-state index contributed by atoms with van der Waals surface area (Å²) in [5.41, 5.74) is -2.01. The molecule has 0 atom stereocenters. The normalized spacial score (nSPS) is 11.8. The second-order valence-electron chi connectivity index (χ2n) is 6.11. The van der Waals surface area contributed by atoms with Gasteiger partial charge >= 0.3 is 5.57 Å². The third kappa shape index (κ3) is 4.56. The van der Waals surface area contributed by atoms with E-state index in [0.717, 1.165) is 15.4 Å². The van der Waals surface area contributed by atoms with Gasteiger partial charge in [0.25, 0.3) is 5.91 Å². The van der Waals surface area contributed by atoms with Crippen LogP contribution in [0.4, 0.5) is 14.5 Å². The first kappa shape index (κ1) is 19.6. The van der Waals surface area contributed by atoms with Crippen molar-refractivity contribution in [1.82, 2.24) is 9.78 Å². The molecule has 0 aliphatic carbocycles. The molecular formula is C18H15BrClF2N3O2. The second-order valence-corrected chi connectivity index (χ2v) is 7.40. The van der Waals surface area contributed by atoms with Crippen molar-refractivity contribution in [1.29, 1.82) is 0 Å². The molecule has 1 aromatic heterocycles. The molecule has 0 spiro atoms. The maximum absolute atomic E-state index is 12.6. The zero-order chi connectivity index (χ0) is 19.8. The second kappa shape index (κ2) is 7.44. The van der Waals surface area contributed by atoms with Crippen LogP contribution in [0.15, 0.2) is 47.1 Å². The van der Waals surface area contributed by atoms with E-state index >= 15 is 0 Å². The summed E-state index contributed by atoms with van der Waals surface area (Å²) in [4.78, 5) is 12.5. The fourth-order valence-corrected chi connectivity index (χ4v) is 3.35. The molecule has 1 amide bonds. The van der Waals surface area contributed by atoms with Crippen LogP contribution < -0.4 is 10.1 Å². The highest BCUT2D eigenvalue weighted by atomic mass is 79.9. The lowest BCUT2D eigenvalue weighted by molar-refractivity contribution is -0.0964. The van der Waals surface area contributed by atoms with E-state index in [1.54, 1.807) is 18.3 Å². The van der Waals surface area contributed by atoms with Gasteiger partial charge < -0.3 is 10.1 Å². The van der Waals surface area contributed by atoms with Crippen LogP contribution in [0.5, 0.6) is 5.75 Å². The highest BCUT2D eigenvalue weighted by Gasteiger charge is 2.27. The molecule has 0 fully saturated rings. The SMILES string of the molecule is CC(C)n1ncc2cc(C(=O)Nc3ccc(OC(F)(F)Cl)cc3)cc(Br)c21. The molecule has 0 aliphatic heterocycles. The molecule has 0 unspecified atom stereocenters. The number of amides is 1. The number of fused-ring (bicyclic) bond motifs is 1. The third-order valence-corrected chi connectivity index (χ3v) is 4.42. The van der Waals surface area contributed by atoms with Gasteiger partial charge in [-0.15, -0.1) is 8.78 Å². The summed E-state index contributed by atoms with van der Waals surface area (Å²) < 4.78 is 32.1. The van der Waals surface area contributed by atoms with Crippen LogP contribution in [0.1, 0.15) is 30.2 Å². The lowest BCUT2D eigenvalue weighted by Gasteiger charge is -2.12. The average Bonchev–Trinajstić information content (AvgIpc) is 3.00. The van der Waals surface area contributed by atoms with Gasteiger partial charge in [-0.2, -0.15) is 5.10 Å². The first-order chi connectivity index (χ1) is 12.6. The number of carbonyl (C=O) groups excluding carboxylic acids is 1. The van der Waals surface area contributed by atoms with E-state index in [9.17, 15) is 13.6 Å². The Bertz CT molecular complexity index is 985. The zero-order valence-corrected chi connectivity index (χ0v) is 16.7. The van der Waals surface area contributed by atoms with Crippen molar-refractivity contribution < 1.29 is 18.3 Å². The molecular weight excluding hydrogens is 444 g/mol. The van der Waals surface area contributed by atoms with Gasteiger partial charge in [0.15, 0.2) is 0 Å². The highest BCUT2D eigenvalue weighted by molar-refractivity contribution is 9.10. The van der Waals surface area contributed by atoms with Gasteiger partial charge in [-0.1, -0.05) is 0 Å². The Morgan fingerprint density at radius 2 is 1.96 bits per heavy atom. The lowest BCUT2D eigenvalue weighted by atomic mass is 10.1. The minimum absolute atomic E-state index is 0.113. The Kier molecular flexibility index (Phi) is 5.39. The highest BCUT2D eigenvalue weighted by Crippen LogP contribution is 2.29. The van der Waals surface area contributed by atoms with E-state index in [2.05, 4.69) is 31.1 Å². The van der Waals surface area contributed by atoms with Gasteiger partial charge in [0, 0.05) is 38.8 Å². The molecule has 3 rings (SSSR count). The van der Waals surface area contributed by atoms with E-state index in [0.29, 0.717) is 11.3 Å². The van der Waals surface area contributed by atoms with Crippen molar-refractivity contribution in [3.63, 3.8) is 0 Å². The van der Waals surface area contributed by atoms with Crippen molar-refractivity contribution >= 4 is 50.0 Å². The quantitative estimate of drug-likeness (QED) is 0.492. The molecule has 0 saturated heterocycles. The van der Waals surface area contributed by atoms with Gasteiger partial charge in [-0.05, 0) is 66.2 Å². The zero-order valence-electron chi connectivity index (χ0n) is 14.3. The summed E-state index contributed by atoms with van der Waals surface area (Å²) in [6.07, 6.45) is 1.70. The Balaban J connectivity index is 1.80. The maximum atomic E-state index is 12.6. The molecule has 1 N–H and O–H groups in total. The van der Waals surface area contributed by atoms with Crippen molar-refractivity contribution in [2.45, 2.75) is 25.5 Å². The Labute approximate surface area is 167 Å². The first-order valence-electron chi connectivity index (χ1n) is 7.98. The van der Waals surface area contributed by atoms with Crippen LogP contribution >= 0.6 is 27.5 Å². The van der Waals surface area contributed by atoms with Gasteiger partial charge in [0.2, 0.25) is 0 Å². The molecule has 2 aromatic carbocycles. The van der Waals surface area contributed by atoms with Crippen molar-refractivity contribution in [2.24, 2.45) is 0 Å². The summed E-state index contributed by atoms with van der Waals surface area (Å²) in [7, 11) is 0. The van der Waals surface area contributed by atoms with Crippen LogP contribution in [-0.4, -0.2) is 21.3 Å². The number of hydrogen-bond donors (Lipinski definition) is 1. The Morgan fingerprint density at radius 1 is 1.30 bits per heavy atom. The lowest BCUT2D eigenvalue weighted by Crippen LogP contribution is -2.15. The van der Waals surface area contributed by atoms with E-state index in [1.165, 1.54) is 24.3 Å². The number of anilines is 1. The third-order valence-electron chi connectivity index (χ3n) is 3.74. The summed E-state index contributed by atoms with van der Waals surface area (Å²) in [5, 5.41) is 7.88. The standard InChI is InChI=1S/C18H15BrClF2N3O2/c1-10(2)25-16-12(9-23-25)7-11(8-15(16)19)17(26)24-13-3-5-14(6-4-13)27-18(20,21)22/h3-10H,1-2H3,(H,24,26). The van der Waals surface area contributed by atoms with Crippen molar-refractivity contribution in [3.8, 4) is 5.75 Å². The topological polar surface area (TPSA) is 56.2 Å². The molecule has 5 nitrogen and oxygen atoms in total. The number of benzene rings is 2. The van der Waals surface area contributed by atoms with E-state index < -0.39 is 5.57 Å². The first-order valence-corrected chi connectivity index (χ1v) is 9.15. The number of hydrogen-bond acceptors (Lipinski definition) is 3. The molecule has 1 heterocycles. The van der Waals surface area contributed by atoms with Crippen LogP contribution in [0, 0.1) is 0 Å². The van der Waals surface area contributed by atoms with Gasteiger partial charge in [-0.3, -0.25) is 9.48 Å². The minimum atomic E-state index is -3.78. The van der Waals surface area contributed by atoms with E-state index in [-0.39, 0.29) is 17.7 Å². The molecule has 0 radical (unpaired) electrons. The van der Waals surface area contributed by atoms with Gasteiger partial charge in [0.05, 0.1) is 11.7 Å². The summed E-state index contributed by atoms with van der Waals surface area (Å²) in [5.74, 6) is -0.454. The molecule has 27 heavy (non-hydrogen) atoms. The van der Waals surface area contributed by atoms with Crippen LogP contribution in [0.25, 0.3) is 10.9 Å². The Morgan fingerprint density at radius 3 is 2.56 bits per heavy atom. The fourth-order valence-electron chi connectivity index (χ4n) is 2.61. The molecule has 9 heteroatoms. The van der Waals surface area contributed by atoms with Crippen molar-refractivity contribution in [2.75, 3.05) is 5.32 Å². The summed E-state index contributed by atoms with van der Waals surface area (Å²) in [6, 6.07) is 9.10. The van der Waals surface area contributed by atoms with Crippen molar-refractivity contribution in [3.05, 3.63) is 52.6 Å². The number of halogens is 4. The fraction of sp³-hybridized carbons (Fsp3) is 0.222. The minimum Gasteiger partial charge on any atom is -0.420 e. The molecule has 0 saturated carbocycles. The number of rotatable bonds is 5. The number of nitrogens with one attached hydrogen (secondary N) is 1. The van der Waals surface area contributed by atoms with Gasteiger partial charge in [-0.25, -0.2) is 0 Å². The largest absolute Gasteiger partial charge is 0.487 e. The van der Waals surface area contributed by atoms with Crippen LogP contribution in [-0.2, 0) is 0 Å². The maximum Gasteiger partial charge on any atom is 0.487 e. The summed E-state index contributed by atoms with van der Waals surface area (Å²) in [6.45, 7) is 4.04. The van der Waals surface area contributed by atoms with E-state index in [1.807, 2.05) is 18.5 Å².